The number of aliphatic hydroxyl groups excluding tert-OH is 1. The Bertz CT molecular complexity index is 914. The summed E-state index contributed by atoms with van der Waals surface area (Å²) in [5.74, 6) is -0.460. The number of carbonyl (C=O) groups excluding carboxylic acids is 1. The second-order valence-electron chi connectivity index (χ2n) is 5.52. The summed E-state index contributed by atoms with van der Waals surface area (Å²) in [6.45, 7) is -0.212. The highest BCUT2D eigenvalue weighted by Crippen LogP contribution is 2.37. The van der Waals surface area contributed by atoms with E-state index < -0.39 is 15.8 Å². The van der Waals surface area contributed by atoms with Crippen molar-refractivity contribution in [2.45, 2.75) is 6.42 Å². The van der Waals surface area contributed by atoms with E-state index in [2.05, 4.69) is 10.6 Å². The number of amides is 1. The lowest BCUT2D eigenvalue weighted by Crippen LogP contribution is -2.28. The minimum atomic E-state index is -0.648. The van der Waals surface area contributed by atoms with Crippen LogP contribution in [0.1, 0.15) is 5.56 Å². The van der Waals surface area contributed by atoms with Crippen LogP contribution in [0.5, 0.6) is 0 Å². The van der Waals surface area contributed by atoms with Crippen LogP contribution in [0, 0.1) is 20.2 Å². The number of rotatable bonds is 8. The molecule has 0 bridgehead atoms. The van der Waals surface area contributed by atoms with Crippen molar-refractivity contribution in [3.63, 3.8) is 0 Å². The van der Waals surface area contributed by atoms with Gasteiger partial charge in [-0.3, -0.25) is 25.0 Å². The van der Waals surface area contributed by atoms with E-state index in [9.17, 15) is 25.0 Å². The van der Waals surface area contributed by atoms with Crippen LogP contribution in [0.3, 0.4) is 0 Å². The highest BCUT2D eigenvalue weighted by atomic mass is 35.5. The Morgan fingerprint density at radius 3 is 2.18 bits per heavy atom. The molecule has 0 spiro atoms. The molecule has 2 rings (SSSR count). The third kappa shape index (κ3) is 5.28. The molecule has 0 radical (unpaired) electrons. The van der Waals surface area contributed by atoms with E-state index in [1.54, 1.807) is 0 Å². The van der Waals surface area contributed by atoms with Crippen molar-refractivity contribution in [1.82, 2.24) is 5.32 Å². The van der Waals surface area contributed by atoms with Crippen molar-refractivity contribution in [2.75, 3.05) is 18.5 Å². The van der Waals surface area contributed by atoms with Gasteiger partial charge in [-0.2, -0.15) is 0 Å². The molecule has 1 amide bonds. The Kier molecular flexibility index (Phi) is 7.10. The van der Waals surface area contributed by atoms with Gasteiger partial charge < -0.3 is 15.7 Å². The molecule has 28 heavy (non-hydrogen) atoms. The van der Waals surface area contributed by atoms with E-state index in [0.717, 1.165) is 12.1 Å². The number of anilines is 2. The topological polar surface area (TPSA) is 148 Å². The summed E-state index contributed by atoms with van der Waals surface area (Å²) in [5.41, 5.74) is 0.210. The summed E-state index contributed by atoms with van der Waals surface area (Å²) in [6.07, 6.45) is -0.216. The number of aliphatic hydroxyl groups is 1. The van der Waals surface area contributed by atoms with Gasteiger partial charge in [-0.25, -0.2) is 0 Å². The van der Waals surface area contributed by atoms with Crippen LogP contribution in [0.4, 0.5) is 22.7 Å². The van der Waals surface area contributed by atoms with E-state index in [1.807, 2.05) is 0 Å². The number of hydrogen-bond acceptors (Lipinski definition) is 7. The molecule has 148 valence electrons. The predicted molar refractivity (Wildman–Crippen MR) is 103 cm³/mol. The Hall–Kier alpha value is -2.95. The quantitative estimate of drug-likeness (QED) is 0.431. The first-order valence-corrected chi connectivity index (χ1v) is 8.54. The molecule has 12 heteroatoms. The molecule has 10 nitrogen and oxygen atoms in total. The normalized spacial score (nSPS) is 10.4. The molecule has 0 aliphatic carbocycles. The molecule has 0 heterocycles. The van der Waals surface area contributed by atoms with E-state index >= 15 is 0 Å². The molecule has 0 atom stereocenters. The average molecular weight is 429 g/mol. The molecule has 2 aromatic carbocycles. The summed E-state index contributed by atoms with van der Waals surface area (Å²) in [6, 6.07) is 6.03. The summed E-state index contributed by atoms with van der Waals surface area (Å²) < 4.78 is 0. The van der Waals surface area contributed by atoms with Gasteiger partial charge in [0.25, 0.3) is 11.4 Å². The van der Waals surface area contributed by atoms with Gasteiger partial charge in [-0.1, -0.05) is 23.2 Å². The maximum Gasteiger partial charge on any atom is 0.272 e. The Balaban J connectivity index is 2.40. The van der Waals surface area contributed by atoms with Gasteiger partial charge in [-0.15, -0.1) is 0 Å². The molecule has 2 aromatic rings. The van der Waals surface area contributed by atoms with Gasteiger partial charge in [0.05, 0.1) is 38.6 Å². The lowest BCUT2D eigenvalue weighted by Gasteiger charge is -2.14. The number of nitro groups is 2. The molecule has 3 N–H and O–H groups in total. The monoisotopic (exact) mass is 428 g/mol. The van der Waals surface area contributed by atoms with Crippen molar-refractivity contribution in [1.29, 1.82) is 0 Å². The SMILES string of the molecule is O=C(Cc1cc([N+](=O)[O-])ccc1Nc1c(Cl)cc([N+](=O)[O-])cc1Cl)NCCO. The summed E-state index contributed by atoms with van der Waals surface area (Å²) in [4.78, 5) is 32.6. The second-order valence-corrected chi connectivity index (χ2v) is 6.33. The first-order chi connectivity index (χ1) is 13.2. The average Bonchev–Trinajstić information content (AvgIpc) is 2.63. The van der Waals surface area contributed by atoms with Gasteiger partial charge in [0.15, 0.2) is 0 Å². The Morgan fingerprint density at radius 2 is 1.64 bits per heavy atom. The smallest absolute Gasteiger partial charge is 0.272 e. The molecule has 0 aliphatic rings. The van der Waals surface area contributed by atoms with Gasteiger partial charge in [0, 0.05) is 36.5 Å². The zero-order valence-corrected chi connectivity index (χ0v) is 15.7. The number of benzene rings is 2. The minimum Gasteiger partial charge on any atom is -0.395 e. The maximum absolute atomic E-state index is 12.0. The fourth-order valence-corrected chi connectivity index (χ4v) is 2.88. The minimum absolute atomic E-state index is 0.0340. The molecule has 0 aliphatic heterocycles. The highest BCUT2D eigenvalue weighted by molar-refractivity contribution is 6.39. The maximum atomic E-state index is 12.0. The third-order valence-electron chi connectivity index (χ3n) is 3.58. The van der Waals surface area contributed by atoms with Gasteiger partial charge >= 0.3 is 0 Å². The van der Waals surface area contributed by atoms with Gasteiger partial charge in [0.2, 0.25) is 5.91 Å². The molecule has 0 saturated heterocycles. The number of nitro benzene ring substituents is 2. The van der Waals surface area contributed by atoms with Crippen molar-refractivity contribution >= 4 is 51.9 Å². The summed E-state index contributed by atoms with van der Waals surface area (Å²) in [7, 11) is 0. The standard InChI is InChI=1S/C16H14Cl2N4O6/c17-12-7-11(22(27)28)8-13(18)16(12)20-14-2-1-10(21(25)26)5-9(14)6-15(24)19-3-4-23/h1-2,5,7-8,20,23H,3-4,6H2,(H,19,24). The fourth-order valence-electron chi connectivity index (χ4n) is 2.31. The third-order valence-corrected chi connectivity index (χ3v) is 4.18. The predicted octanol–water partition coefficient (Wildman–Crippen LogP) is 3.20. The number of nitrogens with one attached hydrogen (secondary N) is 2. The largest absolute Gasteiger partial charge is 0.395 e. The van der Waals surface area contributed by atoms with E-state index in [4.69, 9.17) is 28.3 Å². The van der Waals surface area contributed by atoms with Crippen molar-refractivity contribution in [3.05, 3.63) is 66.2 Å². The zero-order chi connectivity index (χ0) is 20.8. The van der Waals surface area contributed by atoms with Gasteiger partial charge in [-0.05, 0) is 11.6 Å². The van der Waals surface area contributed by atoms with Crippen LogP contribution in [-0.2, 0) is 11.2 Å². The van der Waals surface area contributed by atoms with Crippen LogP contribution < -0.4 is 10.6 Å². The first kappa shape index (κ1) is 21.4. The Labute approximate surface area is 168 Å². The first-order valence-electron chi connectivity index (χ1n) is 7.78. The Morgan fingerprint density at radius 1 is 1.04 bits per heavy atom. The molecular formula is C16H14Cl2N4O6. The number of carbonyl (C=O) groups is 1. The van der Waals surface area contributed by atoms with Crippen LogP contribution in [0.25, 0.3) is 0 Å². The number of halogens is 2. The van der Waals surface area contributed by atoms with Crippen LogP contribution in [0.15, 0.2) is 30.3 Å². The van der Waals surface area contributed by atoms with Crippen molar-refractivity contribution in [3.8, 4) is 0 Å². The molecule has 0 saturated carbocycles. The number of hydrogen-bond donors (Lipinski definition) is 3. The van der Waals surface area contributed by atoms with Gasteiger partial charge in [0.1, 0.15) is 0 Å². The van der Waals surface area contributed by atoms with Crippen LogP contribution >= 0.6 is 23.2 Å². The number of nitrogens with zero attached hydrogens (tertiary/aromatic N) is 2. The lowest BCUT2D eigenvalue weighted by atomic mass is 10.1. The molecule has 0 fully saturated rings. The van der Waals surface area contributed by atoms with E-state index in [0.29, 0.717) is 5.69 Å². The lowest BCUT2D eigenvalue weighted by molar-refractivity contribution is -0.385. The summed E-state index contributed by atoms with van der Waals surface area (Å²) in [5, 5.41) is 35.9. The highest BCUT2D eigenvalue weighted by Gasteiger charge is 2.18. The van der Waals surface area contributed by atoms with E-state index in [-0.39, 0.29) is 52.2 Å². The van der Waals surface area contributed by atoms with Crippen molar-refractivity contribution < 1.29 is 19.7 Å². The second kappa shape index (κ2) is 9.31. The molecular weight excluding hydrogens is 415 g/mol. The number of non-ortho nitro benzene ring substituents is 2. The van der Waals surface area contributed by atoms with E-state index in [1.165, 1.54) is 18.2 Å². The van der Waals surface area contributed by atoms with Crippen LogP contribution in [0.2, 0.25) is 10.0 Å². The van der Waals surface area contributed by atoms with Crippen LogP contribution in [-0.4, -0.2) is 34.0 Å². The fraction of sp³-hybridized carbons (Fsp3) is 0.188. The van der Waals surface area contributed by atoms with Crippen molar-refractivity contribution in [2.24, 2.45) is 0 Å². The molecule has 0 unspecified atom stereocenters. The zero-order valence-electron chi connectivity index (χ0n) is 14.1. The summed E-state index contributed by atoms with van der Waals surface area (Å²) >= 11 is 12.1. The molecule has 0 aromatic heterocycles.